The number of nitrogens with one attached hydrogen (secondary N) is 2. The quantitative estimate of drug-likeness (QED) is 0.0485. The first-order chi connectivity index (χ1) is 26.6. The largest absolute Gasteiger partial charge is 0.493 e. The standard InChI is InChI=1S/C40H47ClN5O9P/c1-6-52-32-21-29(15-12-25(32)14-17-33(47)53-24-54-56(50,51)55-39(2,3)4)44-38(49)40(18-9-19-40)45-37(48)27-13-16-30-31(20-27)46(5)35(34(30)26-10-7-8-11-26)36-42-22-28(41)23-43-36/h12-17,20-23,26H,6-11,18-19,24H2,1-5H3,(H,44,49)(H,45,48)(H,50,51)/b17-14+. The molecule has 2 heterocycles. The van der Waals surface area contributed by atoms with Crippen LogP contribution in [0.5, 0.6) is 5.75 Å². The van der Waals surface area contributed by atoms with Gasteiger partial charge in [0.15, 0.2) is 5.82 Å². The normalized spacial score (nSPS) is 16.7. The predicted molar refractivity (Wildman–Crippen MR) is 212 cm³/mol. The van der Waals surface area contributed by atoms with Gasteiger partial charge in [0, 0.05) is 59.3 Å². The van der Waals surface area contributed by atoms with Crippen LogP contribution in [-0.4, -0.2) is 61.8 Å². The lowest BCUT2D eigenvalue weighted by molar-refractivity contribution is -0.145. The number of esters is 1. The van der Waals surface area contributed by atoms with Crippen molar-refractivity contribution in [1.82, 2.24) is 19.9 Å². The summed E-state index contributed by atoms with van der Waals surface area (Å²) >= 11 is 6.11. The molecule has 56 heavy (non-hydrogen) atoms. The number of aryl methyl sites for hydroxylation is 1. The number of anilines is 1. The molecular weight excluding hydrogens is 761 g/mol. The van der Waals surface area contributed by atoms with Crippen LogP contribution in [0.3, 0.4) is 0 Å². The number of fused-ring (bicyclic) bond motifs is 1. The van der Waals surface area contributed by atoms with Gasteiger partial charge in [0.2, 0.25) is 12.7 Å². The van der Waals surface area contributed by atoms with E-state index in [1.807, 2.05) is 29.8 Å². The Morgan fingerprint density at radius 1 is 1.07 bits per heavy atom. The number of rotatable bonds is 14. The molecule has 2 aliphatic carbocycles. The number of benzene rings is 2. The molecule has 0 bridgehead atoms. The zero-order valence-corrected chi connectivity index (χ0v) is 33.7. The molecule has 1 atom stereocenters. The van der Waals surface area contributed by atoms with Crippen LogP contribution in [0, 0.1) is 0 Å². The summed E-state index contributed by atoms with van der Waals surface area (Å²) in [5, 5.41) is 7.49. The zero-order valence-electron chi connectivity index (χ0n) is 32.1. The molecule has 14 nitrogen and oxygen atoms in total. The highest BCUT2D eigenvalue weighted by atomic mass is 35.5. The fraction of sp³-hybridized carbons (Fsp3) is 0.425. The van der Waals surface area contributed by atoms with E-state index in [2.05, 4.69) is 20.6 Å². The van der Waals surface area contributed by atoms with Gasteiger partial charge < -0.3 is 29.6 Å². The lowest BCUT2D eigenvalue weighted by atomic mass is 9.75. The number of carbonyl (C=O) groups is 3. The molecule has 2 aromatic carbocycles. The van der Waals surface area contributed by atoms with Gasteiger partial charge in [-0.2, -0.15) is 0 Å². The van der Waals surface area contributed by atoms with Crippen LogP contribution < -0.4 is 15.4 Å². The van der Waals surface area contributed by atoms with Gasteiger partial charge in [-0.1, -0.05) is 30.5 Å². The van der Waals surface area contributed by atoms with Gasteiger partial charge in [-0.15, -0.1) is 0 Å². The number of hydrogen-bond acceptors (Lipinski definition) is 10. The van der Waals surface area contributed by atoms with Crippen molar-refractivity contribution in [3.8, 4) is 17.3 Å². The van der Waals surface area contributed by atoms with E-state index in [4.69, 9.17) is 30.1 Å². The third-order valence-corrected chi connectivity index (χ3v) is 11.3. The fourth-order valence-corrected chi connectivity index (χ4v) is 8.21. The van der Waals surface area contributed by atoms with Crippen molar-refractivity contribution in [2.45, 2.75) is 89.7 Å². The summed E-state index contributed by atoms with van der Waals surface area (Å²) < 4.78 is 34.4. The lowest BCUT2D eigenvalue weighted by Gasteiger charge is -2.40. The second-order valence-electron chi connectivity index (χ2n) is 15.0. The maximum Gasteiger partial charge on any atom is 0.475 e. The molecule has 0 saturated heterocycles. The summed E-state index contributed by atoms with van der Waals surface area (Å²) in [4.78, 5) is 58.8. The number of nitrogens with zero attached hydrogens (tertiary/aromatic N) is 3. The summed E-state index contributed by atoms with van der Waals surface area (Å²) in [6, 6.07) is 10.6. The molecule has 16 heteroatoms. The van der Waals surface area contributed by atoms with E-state index >= 15 is 0 Å². The molecule has 3 N–H and O–H groups in total. The molecule has 6 rings (SSSR count). The van der Waals surface area contributed by atoms with Crippen molar-refractivity contribution in [3.05, 3.63) is 76.6 Å². The average Bonchev–Trinajstić information content (AvgIpc) is 3.75. The number of phosphoric acid groups is 1. The molecule has 1 unspecified atom stereocenters. The molecule has 0 aliphatic heterocycles. The Hall–Kier alpha value is -4.59. The maximum absolute atomic E-state index is 13.9. The zero-order chi connectivity index (χ0) is 40.3. The van der Waals surface area contributed by atoms with E-state index in [0.717, 1.165) is 54.8 Å². The second-order valence-corrected chi connectivity index (χ2v) is 16.8. The molecule has 4 aromatic rings. The number of phosphoric ester groups is 1. The number of ether oxygens (including phenoxy) is 2. The Morgan fingerprint density at radius 2 is 1.79 bits per heavy atom. The average molecular weight is 808 g/mol. The van der Waals surface area contributed by atoms with E-state index in [1.165, 1.54) is 11.6 Å². The molecule has 2 amide bonds. The number of amides is 2. The smallest absolute Gasteiger partial charge is 0.475 e. The summed E-state index contributed by atoms with van der Waals surface area (Å²) in [7, 11) is -2.47. The molecule has 2 saturated carbocycles. The van der Waals surface area contributed by atoms with Crippen LogP contribution >= 0.6 is 19.4 Å². The monoisotopic (exact) mass is 807 g/mol. The molecule has 0 spiro atoms. The minimum absolute atomic E-state index is 0.304. The van der Waals surface area contributed by atoms with E-state index in [0.29, 0.717) is 58.8 Å². The SMILES string of the molecule is CCOc1cc(NC(=O)C2(NC(=O)c3ccc4c(C5CCCC5)c(-c5ncc(Cl)cn5)n(C)c4c3)CCC2)ccc1/C=C/C(=O)OCOP(=O)(O)OC(C)(C)C. The van der Waals surface area contributed by atoms with E-state index in [9.17, 15) is 23.8 Å². The molecule has 0 radical (unpaired) electrons. The number of aromatic nitrogens is 3. The van der Waals surface area contributed by atoms with Crippen LogP contribution in [0.4, 0.5) is 5.69 Å². The van der Waals surface area contributed by atoms with E-state index in [-0.39, 0.29) is 11.8 Å². The highest BCUT2D eigenvalue weighted by Crippen LogP contribution is 2.47. The van der Waals surface area contributed by atoms with Gasteiger partial charge in [-0.05, 0) is 102 Å². The van der Waals surface area contributed by atoms with Gasteiger partial charge in [0.25, 0.3) is 5.91 Å². The predicted octanol–water partition coefficient (Wildman–Crippen LogP) is 8.08. The first kappa shape index (κ1) is 41.1. The Labute approximate surface area is 330 Å². The molecule has 2 aliphatic rings. The molecule has 2 aromatic heterocycles. The fourth-order valence-electron chi connectivity index (χ4n) is 7.18. The Balaban J connectivity index is 1.15. The highest BCUT2D eigenvalue weighted by Gasteiger charge is 2.45. The topological polar surface area (TPSA) is 180 Å². The first-order valence-corrected chi connectivity index (χ1v) is 20.5. The van der Waals surface area contributed by atoms with Crippen LogP contribution in [0.25, 0.3) is 28.5 Å². The third kappa shape index (κ3) is 9.50. The second kappa shape index (κ2) is 16.9. The minimum Gasteiger partial charge on any atom is -0.493 e. The van der Waals surface area contributed by atoms with Gasteiger partial charge >= 0.3 is 13.8 Å². The Kier molecular flexibility index (Phi) is 12.4. The van der Waals surface area contributed by atoms with E-state index < -0.39 is 31.7 Å². The number of halogens is 1. The molecule has 298 valence electrons. The summed E-state index contributed by atoms with van der Waals surface area (Å²) in [6.45, 7) is 6.05. The van der Waals surface area contributed by atoms with Crippen LogP contribution in [0.15, 0.2) is 54.9 Å². The van der Waals surface area contributed by atoms with Crippen molar-refractivity contribution in [3.63, 3.8) is 0 Å². The summed E-state index contributed by atoms with van der Waals surface area (Å²) in [5.74, 6) is -0.226. The van der Waals surface area contributed by atoms with Gasteiger partial charge in [0.1, 0.15) is 11.3 Å². The van der Waals surface area contributed by atoms with Crippen molar-refractivity contribution in [2.24, 2.45) is 7.05 Å². The van der Waals surface area contributed by atoms with Crippen molar-refractivity contribution >= 4 is 59.9 Å². The first-order valence-electron chi connectivity index (χ1n) is 18.6. The summed E-state index contributed by atoms with van der Waals surface area (Å²) in [5.41, 5.74) is 2.30. The minimum atomic E-state index is -4.43. The Morgan fingerprint density at radius 3 is 2.43 bits per heavy atom. The highest BCUT2D eigenvalue weighted by molar-refractivity contribution is 7.47. The Bertz CT molecular complexity index is 2190. The van der Waals surface area contributed by atoms with Gasteiger partial charge in [0.05, 0.1) is 22.9 Å². The lowest BCUT2D eigenvalue weighted by Crippen LogP contribution is -2.61. The maximum atomic E-state index is 13.9. The van der Waals surface area contributed by atoms with Crippen molar-refractivity contribution < 1.29 is 42.4 Å². The van der Waals surface area contributed by atoms with Gasteiger partial charge in [-0.3, -0.25) is 14.1 Å². The van der Waals surface area contributed by atoms with Gasteiger partial charge in [-0.25, -0.2) is 23.9 Å². The van der Waals surface area contributed by atoms with E-state index in [1.54, 1.807) is 58.3 Å². The van der Waals surface area contributed by atoms with Crippen LogP contribution in [0.1, 0.15) is 100 Å². The van der Waals surface area contributed by atoms with Crippen molar-refractivity contribution in [2.75, 3.05) is 18.7 Å². The van der Waals surface area contributed by atoms with Crippen LogP contribution in [-0.2, 0) is 35.0 Å². The summed E-state index contributed by atoms with van der Waals surface area (Å²) in [6.07, 6.45) is 11.9. The molecular formula is C40H47ClN5O9P. The van der Waals surface area contributed by atoms with Crippen LogP contribution in [0.2, 0.25) is 5.02 Å². The number of carbonyl (C=O) groups excluding carboxylic acids is 3. The molecule has 2 fully saturated rings. The number of hydrogen-bond donors (Lipinski definition) is 3. The van der Waals surface area contributed by atoms with Crippen molar-refractivity contribution in [1.29, 1.82) is 0 Å². The third-order valence-electron chi connectivity index (χ3n) is 9.87.